The molecule has 0 aliphatic rings. The van der Waals surface area contributed by atoms with Gasteiger partial charge in [-0.15, -0.1) is 0 Å². The number of nitrogens with two attached hydrogens (primary N) is 1. The molecular formula is C17H12N8. The van der Waals surface area contributed by atoms with Crippen molar-refractivity contribution in [3.63, 3.8) is 0 Å². The molecule has 3 heterocycles. The van der Waals surface area contributed by atoms with Crippen LogP contribution in [0.15, 0.2) is 42.7 Å². The smallest absolute Gasteiger partial charge is 0.183 e. The number of nitriles is 1. The minimum atomic E-state index is 0.0642. The first-order valence-electron chi connectivity index (χ1n) is 7.45. The predicted octanol–water partition coefficient (Wildman–Crippen LogP) is 1.94. The SMILES string of the molecule is Cn1ncc(-c2nc(N)c(C#N)nc2-c2ccc3ncccc3c2)n1. The van der Waals surface area contributed by atoms with E-state index in [-0.39, 0.29) is 11.5 Å². The second-order valence-corrected chi connectivity index (χ2v) is 5.40. The zero-order valence-corrected chi connectivity index (χ0v) is 13.2. The van der Waals surface area contributed by atoms with Crippen molar-refractivity contribution in [3.05, 3.63) is 48.4 Å². The van der Waals surface area contributed by atoms with Crippen LogP contribution < -0.4 is 5.73 Å². The van der Waals surface area contributed by atoms with Crippen molar-refractivity contribution in [2.75, 3.05) is 5.73 Å². The minimum absolute atomic E-state index is 0.0642. The van der Waals surface area contributed by atoms with Crippen molar-refractivity contribution < 1.29 is 0 Å². The first kappa shape index (κ1) is 14.7. The van der Waals surface area contributed by atoms with E-state index < -0.39 is 0 Å². The number of aryl methyl sites for hydroxylation is 1. The third kappa shape index (κ3) is 2.53. The highest BCUT2D eigenvalue weighted by molar-refractivity contribution is 5.87. The second-order valence-electron chi connectivity index (χ2n) is 5.40. The summed E-state index contributed by atoms with van der Waals surface area (Å²) in [5.41, 5.74) is 9.14. The van der Waals surface area contributed by atoms with Crippen LogP contribution in [0.5, 0.6) is 0 Å². The van der Waals surface area contributed by atoms with E-state index in [2.05, 4.69) is 25.1 Å². The van der Waals surface area contributed by atoms with Gasteiger partial charge in [-0.25, -0.2) is 9.97 Å². The molecule has 4 aromatic rings. The van der Waals surface area contributed by atoms with Crippen molar-refractivity contribution in [2.24, 2.45) is 7.05 Å². The van der Waals surface area contributed by atoms with Gasteiger partial charge in [0, 0.05) is 24.2 Å². The molecule has 0 aliphatic carbocycles. The molecule has 1 aromatic carbocycles. The molecule has 25 heavy (non-hydrogen) atoms. The van der Waals surface area contributed by atoms with Crippen molar-refractivity contribution in [3.8, 4) is 28.7 Å². The van der Waals surface area contributed by atoms with Gasteiger partial charge in [0.2, 0.25) is 0 Å². The number of hydrogen-bond donors (Lipinski definition) is 1. The maximum Gasteiger partial charge on any atom is 0.183 e. The average molecular weight is 328 g/mol. The van der Waals surface area contributed by atoms with Crippen LogP contribution in [0.1, 0.15) is 5.69 Å². The van der Waals surface area contributed by atoms with Crippen LogP contribution in [0.3, 0.4) is 0 Å². The molecule has 2 N–H and O–H groups in total. The first-order valence-corrected chi connectivity index (χ1v) is 7.45. The average Bonchev–Trinajstić information content (AvgIpc) is 3.07. The molecule has 3 aromatic heterocycles. The Morgan fingerprint density at radius 3 is 2.80 bits per heavy atom. The molecule has 0 spiro atoms. The minimum Gasteiger partial charge on any atom is -0.381 e. The molecule has 0 saturated carbocycles. The molecule has 8 heteroatoms. The lowest BCUT2D eigenvalue weighted by atomic mass is 10.0. The van der Waals surface area contributed by atoms with Gasteiger partial charge < -0.3 is 5.73 Å². The summed E-state index contributed by atoms with van der Waals surface area (Å²) in [5.74, 6) is 0.0642. The molecule has 0 aliphatic heterocycles. The van der Waals surface area contributed by atoms with E-state index in [1.54, 1.807) is 19.4 Å². The van der Waals surface area contributed by atoms with E-state index in [0.29, 0.717) is 17.1 Å². The van der Waals surface area contributed by atoms with Gasteiger partial charge >= 0.3 is 0 Å². The van der Waals surface area contributed by atoms with E-state index in [1.807, 2.05) is 36.4 Å². The van der Waals surface area contributed by atoms with Crippen LogP contribution in [0, 0.1) is 11.3 Å². The van der Waals surface area contributed by atoms with Crippen LogP contribution in [-0.2, 0) is 7.05 Å². The van der Waals surface area contributed by atoms with Crippen LogP contribution in [0.4, 0.5) is 5.82 Å². The van der Waals surface area contributed by atoms with Gasteiger partial charge in [-0.05, 0) is 18.2 Å². The molecule has 0 saturated heterocycles. The Kier molecular flexibility index (Phi) is 3.32. The third-order valence-electron chi connectivity index (χ3n) is 3.75. The molecule has 0 bridgehead atoms. The maximum absolute atomic E-state index is 9.25. The molecular weight excluding hydrogens is 316 g/mol. The van der Waals surface area contributed by atoms with Gasteiger partial charge in [0.15, 0.2) is 11.5 Å². The summed E-state index contributed by atoms with van der Waals surface area (Å²) in [6.07, 6.45) is 3.32. The highest BCUT2D eigenvalue weighted by Crippen LogP contribution is 2.30. The third-order valence-corrected chi connectivity index (χ3v) is 3.75. The van der Waals surface area contributed by atoms with Crippen molar-refractivity contribution in [2.45, 2.75) is 0 Å². The van der Waals surface area contributed by atoms with Crippen LogP contribution in [-0.4, -0.2) is 29.9 Å². The van der Waals surface area contributed by atoms with E-state index in [0.717, 1.165) is 16.5 Å². The number of nitrogens with zero attached hydrogens (tertiary/aromatic N) is 7. The lowest BCUT2D eigenvalue weighted by Gasteiger charge is -2.09. The normalized spacial score (nSPS) is 10.7. The van der Waals surface area contributed by atoms with Gasteiger partial charge in [0.05, 0.1) is 11.7 Å². The Hall–Kier alpha value is -3.86. The van der Waals surface area contributed by atoms with Gasteiger partial charge in [-0.2, -0.15) is 20.3 Å². The van der Waals surface area contributed by atoms with E-state index in [4.69, 9.17) is 5.73 Å². The Balaban J connectivity index is 1.99. The molecule has 8 nitrogen and oxygen atoms in total. The number of fused-ring (bicyclic) bond motifs is 1. The standard InChI is InChI=1S/C17H12N8/c1-25-21-9-14(24-25)16-15(22-13(8-18)17(19)23-16)11-4-5-12-10(7-11)3-2-6-20-12/h2-7,9H,1H3,(H2,19,23). The molecule has 0 unspecified atom stereocenters. The molecule has 0 radical (unpaired) electrons. The number of benzene rings is 1. The monoisotopic (exact) mass is 328 g/mol. The van der Waals surface area contributed by atoms with Crippen molar-refractivity contribution in [1.82, 2.24) is 29.9 Å². The quantitative estimate of drug-likeness (QED) is 0.597. The van der Waals surface area contributed by atoms with E-state index in [9.17, 15) is 5.26 Å². The molecule has 0 amide bonds. The maximum atomic E-state index is 9.25. The number of anilines is 1. The van der Waals surface area contributed by atoms with Gasteiger partial charge in [0.25, 0.3) is 0 Å². The highest BCUT2D eigenvalue weighted by atomic mass is 15.4. The fraction of sp³-hybridized carbons (Fsp3) is 0.0588. The molecule has 0 fully saturated rings. The highest BCUT2D eigenvalue weighted by Gasteiger charge is 2.18. The summed E-state index contributed by atoms with van der Waals surface area (Å²) >= 11 is 0. The summed E-state index contributed by atoms with van der Waals surface area (Å²) in [7, 11) is 1.71. The van der Waals surface area contributed by atoms with E-state index >= 15 is 0 Å². The van der Waals surface area contributed by atoms with Gasteiger partial charge in [-0.1, -0.05) is 12.1 Å². The lowest BCUT2D eigenvalue weighted by molar-refractivity contribution is 0.655. The number of aromatic nitrogens is 6. The number of nitrogen functional groups attached to an aromatic ring is 1. The first-order chi connectivity index (χ1) is 12.2. The summed E-state index contributed by atoms with van der Waals surface area (Å²) in [6, 6.07) is 11.5. The largest absolute Gasteiger partial charge is 0.381 e. The summed E-state index contributed by atoms with van der Waals surface area (Å²) in [6.45, 7) is 0. The number of pyridine rings is 1. The molecule has 4 rings (SSSR count). The molecule has 120 valence electrons. The fourth-order valence-corrected chi connectivity index (χ4v) is 2.59. The topological polar surface area (TPSA) is 119 Å². The summed E-state index contributed by atoms with van der Waals surface area (Å²) in [5, 5.41) is 18.6. The predicted molar refractivity (Wildman–Crippen MR) is 91.9 cm³/mol. The number of hydrogen-bond acceptors (Lipinski definition) is 7. The zero-order chi connectivity index (χ0) is 17.4. The van der Waals surface area contributed by atoms with Crippen molar-refractivity contribution >= 4 is 16.7 Å². The number of rotatable bonds is 2. The van der Waals surface area contributed by atoms with Crippen LogP contribution >= 0.6 is 0 Å². The van der Waals surface area contributed by atoms with E-state index in [1.165, 1.54) is 4.80 Å². The Morgan fingerprint density at radius 1 is 1.16 bits per heavy atom. The lowest BCUT2D eigenvalue weighted by Crippen LogP contribution is -2.03. The fourth-order valence-electron chi connectivity index (χ4n) is 2.59. The van der Waals surface area contributed by atoms with Crippen LogP contribution in [0.2, 0.25) is 0 Å². The Labute approximate surface area is 142 Å². The van der Waals surface area contributed by atoms with Gasteiger partial charge in [-0.3, -0.25) is 4.98 Å². The second kappa shape index (κ2) is 5.65. The molecule has 0 atom stereocenters. The Morgan fingerprint density at radius 2 is 2.04 bits per heavy atom. The van der Waals surface area contributed by atoms with Crippen molar-refractivity contribution in [1.29, 1.82) is 5.26 Å². The Bertz CT molecular complexity index is 1140. The van der Waals surface area contributed by atoms with Gasteiger partial charge in [0.1, 0.15) is 23.2 Å². The van der Waals surface area contributed by atoms with Crippen LogP contribution in [0.25, 0.3) is 33.5 Å². The summed E-state index contributed by atoms with van der Waals surface area (Å²) < 4.78 is 0. The zero-order valence-electron chi connectivity index (χ0n) is 13.2. The summed E-state index contributed by atoms with van der Waals surface area (Å²) in [4.78, 5) is 14.5.